The van der Waals surface area contributed by atoms with Crippen molar-refractivity contribution in [3.8, 4) is 0 Å². The van der Waals surface area contributed by atoms with Gasteiger partial charge in [-0.3, -0.25) is 29.3 Å². The molecular weight excluding hydrogens is 645 g/mol. The number of halogens is 4. The number of hydrazine groups is 1. The number of ketones is 1. The van der Waals surface area contributed by atoms with Crippen molar-refractivity contribution in [2.45, 2.75) is 22.5 Å². The summed E-state index contributed by atoms with van der Waals surface area (Å²) in [5.74, 6) is -3.85. The van der Waals surface area contributed by atoms with Crippen molar-refractivity contribution in [1.82, 2.24) is 10.0 Å². The lowest BCUT2D eigenvalue weighted by Gasteiger charge is -2.30. The van der Waals surface area contributed by atoms with E-state index in [4.69, 9.17) is 23.2 Å². The number of hydrogen-bond acceptors (Lipinski definition) is 6. The number of alkyl halides is 2. The molecule has 36 heavy (non-hydrogen) atoms. The van der Waals surface area contributed by atoms with E-state index in [0.717, 1.165) is 22.2 Å². The molecule has 1 aliphatic carbocycles. The van der Waals surface area contributed by atoms with Crippen LogP contribution in [-0.4, -0.2) is 54.6 Å². The summed E-state index contributed by atoms with van der Waals surface area (Å²) >= 11 is 19.1. The van der Waals surface area contributed by atoms with Crippen molar-refractivity contribution >= 4 is 84.3 Å². The lowest BCUT2D eigenvalue weighted by Crippen LogP contribution is -2.52. The zero-order chi connectivity index (χ0) is 26.3. The molecule has 1 aliphatic heterocycles. The van der Waals surface area contributed by atoms with E-state index in [1.807, 2.05) is 0 Å². The van der Waals surface area contributed by atoms with E-state index in [1.165, 1.54) is 30.3 Å². The molecule has 1 saturated carbocycles. The number of carbonyl (C=O) groups excluding carboxylic acids is 4. The zero-order valence-electron chi connectivity index (χ0n) is 18.3. The number of rotatable bonds is 6. The standard InChI is InChI=1S/C23H17Br2Cl2N3O6/c24-16-8-14-15(9-17(16)25)23(34)29(22(14)33)28(21(32)12-3-6-18(26)19(27)7-12)10-20(31)11-1-4-13(5-2-11)30(35)36/h1-7,14-17H,8-10H2/t14-,15+,16-,17-/m0/s1. The van der Waals surface area contributed by atoms with Crippen LogP contribution in [-0.2, 0) is 9.59 Å². The molecule has 9 nitrogen and oxygen atoms in total. The van der Waals surface area contributed by atoms with Gasteiger partial charge in [-0.25, -0.2) is 5.01 Å². The van der Waals surface area contributed by atoms with Crippen LogP contribution in [0.1, 0.15) is 33.6 Å². The summed E-state index contributed by atoms with van der Waals surface area (Å²) in [6.45, 7) is -0.650. The molecule has 0 aromatic heterocycles. The Kier molecular flexibility index (Phi) is 7.84. The summed E-state index contributed by atoms with van der Waals surface area (Å²) in [4.78, 5) is 63.7. The number of Topliss-reactive ketones (excluding diaryl/α,β-unsaturated/α-hetero) is 1. The maximum Gasteiger partial charge on any atom is 0.273 e. The van der Waals surface area contributed by atoms with Crippen LogP contribution in [0.4, 0.5) is 5.69 Å². The quantitative estimate of drug-likeness (QED) is 0.140. The highest BCUT2D eigenvalue weighted by Gasteiger charge is 2.54. The molecule has 4 atom stereocenters. The first-order chi connectivity index (χ1) is 17.0. The Bertz CT molecular complexity index is 1250. The normalized spacial score (nSPS) is 23.4. The van der Waals surface area contributed by atoms with Crippen LogP contribution in [0.2, 0.25) is 10.0 Å². The number of imide groups is 1. The van der Waals surface area contributed by atoms with Crippen LogP contribution in [0, 0.1) is 22.0 Å². The Morgan fingerprint density at radius 2 is 1.47 bits per heavy atom. The largest absolute Gasteiger partial charge is 0.292 e. The maximum absolute atomic E-state index is 13.5. The van der Waals surface area contributed by atoms with Crippen molar-refractivity contribution in [3.63, 3.8) is 0 Å². The predicted octanol–water partition coefficient (Wildman–Crippen LogP) is 5.06. The van der Waals surface area contributed by atoms with Gasteiger partial charge < -0.3 is 0 Å². The van der Waals surface area contributed by atoms with Crippen LogP contribution in [0.15, 0.2) is 42.5 Å². The van der Waals surface area contributed by atoms with Gasteiger partial charge in [-0.05, 0) is 43.2 Å². The minimum absolute atomic E-state index is 0.0214. The molecule has 4 rings (SSSR count). The highest BCUT2D eigenvalue weighted by atomic mass is 79.9. The number of nitro groups is 1. The number of carbonyl (C=O) groups is 4. The molecule has 3 amide bonds. The molecule has 0 N–H and O–H groups in total. The molecule has 188 valence electrons. The van der Waals surface area contributed by atoms with Crippen molar-refractivity contribution in [2.24, 2.45) is 11.8 Å². The van der Waals surface area contributed by atoms with Gasteiger partial charge >= 0.3 is 0 Å². The second-order valence-corrected chi connectivity index (χ2v) is 11.6. The van der Waals surface area contributed by atoms with Gasteiger partial charge in [0.1, 0.15) is 6.54 Å². The first kappa shape index (κ1) is 26.7. The fraction of sp³-hybridized carbons (Fsp3) is 0.304. The van der Waals surface area contributed by atoms with Gasteiger partial charge in [0.25, 0.3) is 23.4 Å². The minimum Gasteiger partial charge on any atom is -0.292 e. The van der Waals surface area contributed by atoms with Gasteiger partial charge in [0, 0.05) is 32.9 Å². The molecule has 0 bridgehead atoms. The zero-order valence-corrected chi connectivity index (χ0v) is 23.0. The monoisotopic (exact) mass is 659 g/mol. The first-order valence-electron chi connectivity index (χ1n) is 10.7. The van der Waals surface area contributed by atoms with Gasteiger partial charge in [-0.2, -0.15) is 5.01 Å². The van der Waals surface area contributed by atoms with Gasteiger partial charge in [0.05, 0.1) is 26.8 Å². The second-order valence-electron chi connectivity index (χ2n) is 8.42. The molecule has 2 aliphatic rings. The Morgan fingerprint density at radius 1 is 0.944 bits per heavy atom. The molecule has 0 unspecified atom stereocenters. The van der Waals surface area contributed by atoms with Gasteiger partial charge in [-0.1, -0.05) is 55.1 Å². The average molecular weight is 662 g/mol. The second kappa shape index (κ2) is 10.6. The van der Waals surface area contributed by atoms with Crippen molar-refractivity contribution in [3.05, 3.63) is 73.8 Å². The Balaban J connectivity index is 1.70. The topological polar surface area (TPSA) is 118 Å². The van der Waals surface area contributed by atoms with Crippen molar-refractivity contribution in [1.29, 1.82) is 0 Å². The highest BCUT2D eigenvalue weighted by Crippen LogP contribution is 2.43. The summed E-state index contributed by atoms with van der Waals surface area (Å²) in [6, 6.07) is 8.88. The molecular formula is C23H17Br2Cl2N3O6. The Hall–Kier alpha value is -2.34. The fourth-order valence-corrected chi connectivity index (χ4v) is 5.86. The van der Waals surface area contributed by atoms with Gasteiger partial charge in [0.15, 0.2) is 5.78 Å². The summed E-state index contributed by atoms with van der Waals surface area (Å²) in [5.41, 5.74) is -0.115. The third-order valence-electron chi connectivity index (χ3n) is 6.22. The van der Waals surface area contributed by atoms with E-state index < -0.39 is 46.8 Å². The van der Waals surface area contributed by atoms with E-state index in [2.05, 4.69) is 31.9 Å². The fourth-order valence-electron chi connectivity index (χ4n) is 4.32. The SMILES string of the molecule is O=C(CN(C(=O)c1ccc(Cl)c(Cl)c1)N1C(=O)[C@H]2C[C@H](Br)[C@@H](Br)C[C@H]2C1=O)c1ccc([N+](=O)[O-])cc1. The smallest absolute Gasteiger partial charge is 0.273 e. The molecule has 2 aromatic rings. The number of amides is 3. The summed E-state index contributed by atoms with van der Waals surface area (Å²) in [7, 11) is 0. The van der Waals surface area contributed by atoms with E-state index in [0.29, 0.717) is 12.8 Å². The summed E-state index contributed by atoms with van der Waals surface area (Å²) < 4.78 is 0. The van der Waals surface area contributed by atoms with Gasteiger partial charge in [0.2, 0.25) is 0 Å². The summed E-state index contributed by atoms with van der Waals surface area (Å²) in [6.07, 6.45) is 0.763. The number of non-ortho nitro benzene ring substituents is 1. The van der Waals surface area contributed by atoms with Crippen molar-refractivity contribution in [2.75, 3.05) is 6.54 Å². The number of fused-ring (bicyclic) bond motifs is 1. The van der Waals surface area contributed by atoms with E-state index in [9.17, 15) is 29.3 Å². The minimum atomic E-state index is -0.796. The lowest BCUT2D eigenvalue weighted by atomic mass is 9.81. The molecule has 2 aromatic carbocycles. The number of hydrogen-bond donors (Lipinski definition) is 0. The third kappa shape index (κ3) is 5.06. The number of benzene rings is 2. The first-order valence-corrected chi connectivity index (χ1v) is 13.3. The van der Waals surface area contributed by atoms with Gasteiger partial charge in [-0.15, -0.1) is 0 Å². The van der Waals surface area contributed by atoms with E-state index in [1.54, 1.807) is 0 Å². The van der Waals surface area contributed by atoms with Crippen LogP contribution < -0.4 is 0 Å². The predicted molar refractivity (Wildman–Crippen MR) is 138 cm³/mol. The molecule has 0 spiro atoms. The molecule has 13 heteroatoms. The van der Waals surface area contributed by atoms with E-state index in [-0.39, 0.29) is 36.5 Å². The highest BCUT2D eigenvalue weighted by molar-refractivity contribution is 9.12. The third-order valence-corrected chi connectivity index (χ3v) is 9.70. The molecule has 2 fully saturated rings. The van der Waals surface area contributed by atoms with Crippen LogP contribution in [0.5, 0.6) is 0 Å². The number of nitrogens with zero attached hydrogens (tertiary/aromatic N) is 3. The lowest BCUT2D eigenvalue weighted by molar-refractivity contribution is -0.384. The molecule has 1 saturated heterocycles. The van der Waals surface area contributed by atoms with Crippen molar-refractivity contribution < 1.29 is 24.1 Å². The summed E-state index contributed by atoms with van der Waals surface area (Å²) in [5, 5.41) is 12.8. The molecule has 1 heterocycles. The van der Waals surface area contributed by atoms with Crippen LogP contribution >= 0.6 is 55.1 Å². The van der Waals surface area contributed by atoms with Crippen LogP contribution in [0.25, 0.3) is 0 Å². The molecule has 0 radical (unpaired) electrons. The van der Waals surface area contributed by atoms with Crippen LogP contribution in [0.3, 0.4) is 0 Å². The maximum atomic E-state index is 13.5. The van der Waals surface area contributed by atoms with E-state index >= 15 is 0 Å². The average Bonchev–Trinajstić information content (AvgIpc) is 3.08. The Morgan fingerprint density at radius 3 is 1.97 bits per heavy atom. The number of nitro benzene ring substituents is 1. The Labute approximate surface area is 232 Å².